The molecule has 0 aromatic heterocycles. The second kappa shape index (κ2) is 6.00. The number of amides is 1. The predicted octanol–water partition coefficient (Wildman–Crippen LogP) is 0.422. The Labute approximate surface area is 103 Å². The van der Waals surface area contributed by atoms with Crippen LogP contribution in [0.1, 0.15) is 10.4 Å². The van der Waals surface area contributed by atoms with Crippen LogP contribution < -0.4 is 10.7 Å². The molecule has 0 atom stereocenters. The quantitative estimate of drug-likeness (QED) is 0.526. The molecule has 0 spiro atoms. The number of hydrazone groups is 1. The third-order valence-corrected chi connectivity index (χ3v) is 1.98. The van der Waals surface area contributed by atoms with E-state index in [9.17, 15) is 9.59 Å². The van der Waals surface area contributed by atoms with E-state index in [4.69, 9.17) is 10.4 Å². The van der Waals surface area contributed by atoms with E-state index in [1.165, 1.54) is 31.3 Å². The second-order valence-corrected chi connectivity index (χ2v) is 3.15. The van der Waals surface area contributed by atoms with Crippen LogP contribution in [0.4, 0.5) is 5.69 Å². The number of hydrogen-bond donors (Lipinski definition) is 3. The average Bonchev–Trinajstić information content (AvgIpc) is 2.39. The van der Waals surface area contributed by atoms with E-state index in [1.807, 2.05) is 0 Å². The number of nitrogens with zero attached hydrogens (tertiary/aromatic N) is 2. The fourth-order valence-electron chi connectivity index (χ4n) is 1.05. The van der Waals surface area contributed by atoms with Gasteiger partial charge in [-0.15, -0.1) is 0 Å². The lowest BCUT2D eigenvalue weighted by Crippen LogP contribution is -2.27. The molecule has 0 saturated carbocycles. The summed E-state index contributed by atoms with van der Waals surface area (Å²) >= 11 is 0. The molecule has 1 aromatic carbocycles. The Bertz CT molecular complexity index is 528. The molecular weight excluding hydrogens is 236 g/mol. The van der Waals surface area contributed by atoms with Crippen LogP contribution in [0.5, 0.6) is 0 Å². The number of carbonyl (C=O) groups excluding carboxylic acids is 1. The smallest absolute Gasteiger partial charge is 0.335 e. The summed E-state index contributed by atoms with van der Waals surface area (Å²) in [5, 5.41) is 23.2. The molecule has 0 unspecified atom stereocenters. The normalized spacial score (nSPS) is 10.3. The fraction of sp³-hybridized carbons (Fsp3) is 0.0909. The first kappa shape index (κ1) is 13.2. The topological polar surface area (TPSA) is 115 Å². The van der Waals surface area contributed by atoms with Gasteiger partial charge in [-0.1, -0.05) is 0 Å². The molecule has 0 aliphatic rings. The van der Waals surface area contributed by atoms with E-state index in [2.05, 4.69) is 15.8 Å². The van der Waals surface area contributed by atoms with Crippen molar-refractivity contribution in [1.82, 2.24) is 5.32 Å². The lowest BCUT2D eigenvalue weighted by molar-refractivity contribution is -0.114. The van der Waals surface area contributed by atoms with E-state index in [0.29, 0.717) is 5.69 Å². The first-order valence-electron chi connectivity index (χ1n) is 4.87. The van der Waals surface area contributed by atoms with E-state index >= 15 is 0 Å². The second-order valence-electron chi connectivity index (χ2n) is 3.15. The van der Waals surface area contributed by atoms with Gasteiger partial charge in [0.25, 0.3) is 5.91 Å². The molecule has 7 nitrogen and oxygen atoms in total. The van der Waals surface area contributed by atoms with Crippen molar-refractivity contribution in [1.29, 1.82) is 5.26 Å². The van der Waals surface area contributed by atoms with Gasteiger partial charge in [-0.3, -0.25) is 10.2 Å². The number of carboxylic acids is 1. The van der Waals surface area contributed by atoms with Gasteiger partial charge in [0.2, 0.25) is 5.71 Å². The molecule has 0 saturated heterocycles. The fourth-order valence-corrected chi connectivity index (χ4v) is 1.05. The van der Waals surface area contributed by atoms with E-state index in [-0.39, 0.29) is 11.3 Å². The Morgan fingerprint density at radius 1 is 1.33 bits per heavy atom. The molecule has 1 rings (SSSR count). The first-order valence-corrected chi connectivity index (χ1v) is 4.87. The van der Waals surface area contributed by atoms with E-state index in [1.54, 1.807) is 6.07 Å². The van der Waals surface area contributed by atoms with E-state index < -0.39 is 11.9 Å². The van der Waals surface area contributed by atoms with Crippen molar-refractivity contribution in [3.63, 3.8) is 0 Å². The Hall–Kier alpha value is -2.88. The van der Waals surface area contributed by atoms with Gasteiger partial charge in [0.1, 0.15) is 6.07 Å². The largest absolute Gasteiger partial charge is 0.478 e. The van der Waals surface area contributed by atoms with Crippen LogP contribution in [-0.2, 0) is 4.79 Å². The lowest BCUT2D eigenvalue weighted by Gasteiger charge is -2.01. The third kappa shape index (κ3) is 3.31. The number of nitriles is 1. The predicted molar refractivity (Wildman–Crippen MR) is 64.1 cm³/mol. The Morgan fingerprint density at radius 2 is 1.94 bits per heavy atom. The van der Waals surface area contributed by atoms with Gasteiger partial charge in [0.15, 0.2) is 0 Å². The van der Waals surface area contributed by atoms with Crippen molar-refractivity contribution in [3.05, 3.63) is 29.8 Å². The highest BCUT2D eigenvalue weighted by molar-refractivity contribution is 6.45. The molecule has 0 radical (unpaired) electrons. The number of nitrogens with one attached hydrogen (secondary N) is 2. The van der Waals surface area contributed by atoms with Crippen LogP contribution in [0.25, 0.3) is 0 Å². The third-order valence-electron chi connectivity index (χ3n) is 1.98. The maximum atomic E-state index is 11.1. The molecule has 0 fully saturated rings. The summed E-state index contributed by atoms with van der Waals surface area (Å²) in [5.41, 5.74) is 2.77. The summed E-state index contributed by atoms with van der Waals surface area (Å²) in [6.07, 6.45) is 0. The molecule has 0 aliphatic heterocycles. The summed E-state index contributed by atoms with van der Waals surface area (Å²) in [5.74, 6) is -1.64. The molecule has 1 aromatic rings. The van der Waals surface area contributed by atoms with Gasteiger partial charge < -0.3 is 10.4 Å². The zero-order chi connectivity index (χ0) is 13.5. The number of hydrogen-bond acceptors (Lipinski definition) is 5. The zero-order valence-corrected chi connectivity index (χ0v) is 9.47. The number of carboxylic acid groups (broad SMARTS) is 1. The van der Waals surface area contributed by atoms with Crippen molar-refractivity contribution in [2.75, 3.05) is 12.5 Å². The van der Waals surface area contributed by atoms with E-state index in [0.717, 1.165) is 0 Å². The van der Waals surface area contributed by atoms with Crippen LogP contribution in [0.3, 0.4) is 0 Å². The Balaban J connectivity index is 2.80. The van der Waals surface area contributed by atoms with Gasteiger partial charge in [0, 0.05) is 7.05 Å². The molecule has 1 amide bonds. The summed E-state index contributed by atoms with van der Waals surface area (Å²) in [6.45, 7) is 0. The van der Waals surface area contributed by atoms with Crippen LogP contribution >= 0.6 is 0 Å². The van der Waals surface area contributed by atoms with Crippen molar-refractivity contribution in [2.24, 2.45) is 5.10 Å². The minimum atomic E-state index is -1.03. The van der Waals surface area contributed by atoms with Crippen LogP contribution in [0.2, 0.25) is 0 Å². The molecule has 0 heterocycles. The van der Waals surface area contributed by atoms with Crippen molar-refractivity contribution in [3.8, 4) is 6.07 Å². The van der Waals surface area contributed by atoms with Crippen molar-refractivity contribution in [2.45, 2.75) is 0 Å². The molecule has 92 valence electrons. The summed E-state index contributed by atoms with van der Waals surface area (Å²) in [4.78, 5) is 21.7. The summed E-state index contributed by atoms with van der Waals surface area (Å²) in [6, 6.07) is 7.35. The van der Waals surface area contributed by atoms with Crippen LogP contribution in [-0.4, -0.2) is 29.7 Å². The van der Waals surface area contributed by atoms with Gasteiger partial charge >= 0.3 is 5.97 Å². The number of benzene rings is 1. The average molecular weight is 246 g/mol. The molecule has 7 heteroatoms. The summed E-state index contributed by atoms with van der Waals surface area (Å²) in [7, 11) is 1.39. The maximum absolute atomic E-state index is 11.1. The highest BCUT2D eigenvalue weighted by atomic mass is 16.4. The molecule has 0 bridgehead atoms. The highest BCUT2D eigenvalue weighted by Crippen LogP contribution is 2.09. The number of carbonyl (C=O) groups is 2. The Morgan fingerprint density at radius 3 is 2.39 bits per heavy atom. The minimum Gasteiger partial charge on any atom is -0.478 e. The molecule has 0 aliphatic carbocycles. The Kier molecular flexibility index (Phi) is 4.40. The van der Waals surface area contributed by atoms with Gasteiger partial charge in [-0.05, 0) is 24.3 Å². The number of rotatable bonds is 4. The molecular formula is C11H10N4O3. The van der Waals surface area contributed by atoms with Crippen molar-refractivity contribution >= 4 is 23.3 Å². The molecule has 18 heavy (non-hydrogen) atoms. The number of aromatic carboxylic acids is 1. The van der Waals surface area contributed by atoms with Crippen molar-refractivity contribution < 1.29 is 14.7 Å². The summed E-state index contributed by atoms with van der Waals surface area (Å²) < 4.78 is 0. The van der Waals surface area contributed by atoms with Gasteiger partial charge in [-0.2, -0.15) is 10.4 Å². The zero-order valence-electron chi connectivity index (χ0n) is 9.47. The number of anilines is 1. The van der Waals surface area contributed by atoms with Crippen LogP contribution in [0, 0.1) is 11.3 Å². The van der Waals surface area contributed by atoms with Gasteiger partial charge in [-0.25, -0.2) is 4.79 Å². The van der Waals surface area contributed by atoms with Gasteiger partial charge in [0.05, 0.1) is 11.3 Å². The SMILES string of the molecule is CNC(=O)/C(C#N)=N/Nc1ccc(C(=O)O)cc1. The van der Waals surface area contributed by atoms with Crippen LogP contribution in [0.15, 0.2) is 29.4 Å². The standard InChI is InChI=1S/C11H10N4O3/c1-13-10(16)9(6-12)15-14-8-4-2-7(3-5-8)11(17)18/h2-5,14H,1H3,(H,13,16)(H,17,18)/b15-9+. The lowest BCUT2D eigenvalue weighted by atomic mass is 10.2. The first-order chi connectivity index (χ1) is 8.58. The minimum absolute atomic E-state index is 0.135. The maximum Gasteiger partial charge on any atom is 0.335 e. The molecule has 3 N–H and O–H groups in total. The highest BCUT2D eigenvalue weighted by Gasteiger charge is 2.07. The monoisotopic (exact) mass is 246 g/mol.